The van der Waals surface area contributed by atoms with Crippen LogP contribution in [0, 0.1) is 20.8 Å². The lowest BCUT2D eigenvalue weighted by molar-refractivity contribution is 0.102. The SMILES string of the molecule is Cc1ccc(C)c(NC(=O)c2cc(C)nc(N3CCc4ccccc4C3)n2)c1. The number of hydrogen-bond donors (Lipinski definition) is 1. The fraction of sp³-hybridized carbons (Fsp3) is 0.261. The van der Waals surface area contributed by atoms with Gasteiger partial charge in [-0.3, -0.25) is 4.79 Å². The zero-order chi connectivity index (χ0) is 19.7. The van der Waals surface area contributed by atoms with Gasteiger partial charge in [0.1, 0.15) is 5.69 Å². The predicted octanol–water partition coefficient (Wildman–Crippen LogP) is 4.22. The highest BCUT2D eigenvalue weighted by atomic mass is 16.1. The minimum absolute atomic E-state index is 0.210. The molecular formula is C23H24N4O. The number of aromatic nitrogens is 2. The number of rotatable bonds is 3. The van der Waals surface area contributed by atoms with E-state index in [0.717, 1.165) is 42.0 Å². The summed E-state index contributed by atoms with van der Waals surface area (Å²) in [6.45, 7) is 7.50. The van der Waals surface area contributed by atoms with Gasteiger partial charge in [-0.15, -0.1) is 0 Å². The Morgan fingerprint density at radius 1 is 1.00 bits per heavy atom. The Hall–Kier alpha value is -3.21. The second-order valence-electron chi connectivity index (χ2n) is 7.41. The molecule has 2 heterocycles. The number of aryl methyl sites for hydroxylation is 3. The summed E-state index contributed by atoms with van der Waals surface area (Å²) in [5.74, 6) is 0.401. The lowest BCUT2D eigenvalue weighted by Gasteiger charge is -2.29. The van der Waals surface area contributed by atoms with Gasteiger partial charge in [0, 0.05) is 24.5 Å². The predicted molar refractivity (Wildman–Crippen MR) is 112 cm³/mol. The number of carbonyl (C=O) groups excluding carboxylic acids is 1. The molecular weight excluding hydrogens is 348 g/mol. The largest absolute Gasteiger partial charge is 0.336 e. The third kappa shape index (κ3) is 3.74. The number of benzene rings is 2. The molecule has 0 aliphatic carbocycles. The summed E-state index contributed by atoms with van der Waals surface area (Å²) in [5, 5.41) is 2.99. The van der Waals surface area contributed by atoms with Crippen molar-refractivity contribution in [3.8, 4) is 0 Å². The van der Waals surface area contributed by atoms with Crippen LogP contribution in [0.25, 0.3) is 0 Å². The molecule has 1 N–H and O–H groups in total. The molecule has 2 aromatic carbocycles. The third-order valence-electron chi connectivity index (χ3n) is 5.13. The molecule has 1 aliphatic rings. The smallest absolute Gasteiger partial charge is 0.274 e. The van der Waals surface area contributed by atoms with Crippen molar-refractivity contribution >= 4 is 17.5 Å². The van der Waals surface area contributed by atoms with Gasteiger partial charge in [0.15, 0.2) is 0 Å². The molecule has 1 amide bonds. The molecule has 4 rings (SSSR count). The Balaban J connectivity index is 1.59. The van der Waals surface area contributed by atoms with Crippen LogP contribution in [0.4, 0.5) is 11.6 Å². The van der Waals surface area contributed by atoms with Crippen LogP contribution in [0.5, 0.6) is 0 Å². The van der Waals surface area contributed by atoms with Gasteiger partial charge in [-0.1, -0.05) is 36.4 Å². The number of nitrogens with zero attached hydrogens (tertiary/aromatic N) is 3. The normalized spacial score (nSPS) is 13.2. The van der Waals surface area contributed by atoms with Crippen molar-refractivity contribution in [3.63, 3.8) is 0 Å². The second kappa shape index (κ2) is 7.43. The van der Waals surface area contributed by atoms with E-state index in [1.807, 2.05) is 39.0 Å². The summed E-state index contributed by atoms with van der Waals surface area (Å²) in [6.07, 6.45) is 0.956. The van der Waals surface area contributed by atoms with Crippen molar-refractivity contribution in [3.05, 3.63) is 82.2 Å². The fourth-order valence-corrected chi connectivity index (χ4v) is 3.53. The molecule has 0 saturated heterocycles. The van der Waals surface area contributed by atoms with Gasteiger partial charge in [-0.25, -0.2) is 9.97 Å². The molecule has 0 spiro atoms. The Kier molecular flexibility index (Phi) is 4.82. The molecule has 5 nitrogen and oxygen atoms in total. The zero-order valence-electron chi connectivity index (χ0n) is 16.5. The molecule has 5 heteroatoms. The molecule has 0 atom stereocenters. The second-order valence-corrected chi connectivity index (χ2v) is 7.41. The average Bonchev–Trinajstić information content (AvgIpc) is 2.70. The highest BCUT2D eigenvalue weighted by Gasteiger charge is 2.20. The van der Waals surface area contributed by atoms with Gasteiger partial charge < -0.3 is 10.2 Å². The van der Waals surface area contributed by atoms with Gasteiger partial charge in [0.05, 0.1) is 0 Å². The van der Waals surface area contributed by atoms with Crippen molar-refractivity contribution in [2.75, 3.05) is 16.8 Å². The van der Waals surface area contributed by atoms with Crippen LogP contribution in [-0.4, -0.2) is 22.4 Å². The third-order valence-corrected chi connectivity index (χ3v) is 5.13. The minimum atomic E-state index is -0.210. The van der Waals surface area contributed by atoms with E-state index in [9.17, 15) is 4.79 Å². The maximum atomic E-state index is 12.8. The molecule has 0 bridgehead atoms. The number of amides is 1. The topological polar surface area (TPSA) is 58.1 Å². The Morgan fingerprint density at radius 3 is 2.61 bits per heavy atom. The van der Waals surface area contributed by atoms with Crippen LogP contribution in [0.15, 0.2) is 48.5 Å². The zero-order valence-corrected chi connectivity index (χ0v) is 16.5. The lowest BCUT2D eigenvalue weighted by Crippen LogP contribution is -2.32. The first-order valence-corrected chi connectivity index (χ1v) is 9.55. The summed E-state index contributed by atoms with van der Waals surface area (Å²) < 4.78 is 0. The quantitative estimate of drug-likeness (QED) is 0.748. The molecule has 0 radical (unpaired) electrons. The Labute approximate surface area is 165 Å². The summed E-state index contributed by atoms with van der Waals surface area (Å²) in [5.41, 5.74) is 6.79. The summed E-state index contributed by atoms with van der Waals surface area (Å²) in [7, 11) is 0. The van der Waals surface area contributed by atoms with E-state index in [1.165, 1.54) is 11.1 Å². The number of carbonyl (C=O) groups is 1. The van der Waals surface area contributed by atoms with E-state index in [4.69, 9.17) is 0 Å². The fourth-order valence-electron chi connectivity index (χ4n) is 3.53. The maximum Gasteiger partial charge on any atom is 0.274 e. The first-order valence-electron chi connectivity index (χ1n) is 9.55. The van der Waals surface area contributed by atoms with Crippen LogP contribution >= 0.6 is 0 Å². The number of hydrogen-bond acceptors (Lipinski definition) is 4. The van der Waals surface area contributed by atoms with E-state index >= 15 is 0 Å². The number of nitrogens with one attached hydrogen (secondary N) is 1. The van der Waals surface area contributed by atoms with E-state index in [2.05, 4.69) is 44.5 Å². The van der Waals surface area contributed by atoms with Crippen LogP contribution in [0.2, 0.25) is 0 Å². The average molecular weight is 372 g/mol. The number of anilines is 2. The highest BCUT2D eigenvalue weighted by molar-refractivity contribution is 6.03. The Bertz CT molecular complexity index is 1040. The maximum absolute atomic E-state index is 12.8. The summed E-state index contributed by atoms with van der Waals surface area (Å²) in [4.78, 5) is 24.2. The van der Waals surface area contributed by atoms with Crippen molar-refractivity contribution in [1.29, 1.82) is 0 Å². The van der Waals surface area contributed by atoms with Crippen molar-refractivity contribution < 1.29 is 4.79 Å². The van der Waals surface area contributed by atoms with Crippen molar-refractivity contribution in [1.82, 2.24) is 9.97 Å². The van der Waals surface area contributed by atoms with E-state index in [-0.39, 0.29) is 5.91 Å². The van der Waals surface area contributed by atoms with Gasteiger partial charge in [-0.05, 0) is 61.6 Å². The van der Waals surface area contributed by atoms with E-state index < -0.39 is 0 Å². The van der Waals surface area contributed by atoms with Gasteiger partial charge in [0.25, 0.3) is 5.91 Å². The summed E-state index contributed by atoms with van der Waals surface area (Å²) >= 11 is 0. The molecule has 28 heavy (non-hydrogen) atoms. The first-order chi connectivity index (χ1) is 13.5. The first kappa shape index (κ1) is 18.2. The highest BCUT2D eigenvalue weighted by Crippen LogP contribution is 2.23. The van der Waals surface area contributed by atoms with Gasteiger partial charge in [-0.2, -0.15) is 0 Å². The lowest BCUT2D eigenvalue weighted by atomic mass is 10.0. The monoisotopic (exact) mass is 372 g/mol. The van der Waals surface area contributed by atoms with Crippen LogP contribution in [-0.2, 0) is 13.0 Å². The minimum Gasteiger partial charge on any atom is -0.336 e. The molecule has 1 aromatic heterocycles. The molecule has 142 valence electrons. The van der Waals surface area contributed by atoms with Gasteiger partial charge >= 0.3 is 0 Å². The Morgan fingerprint density at radius 2 is 1.79 bits per heavy atom. The van der Waals surface area contributed by atoms with E-state index in [0.29, 0.717) is 11.6 Å². The molecule has 1 aliphatic heterocycles. The standard InChI is InChI=1S/C23H24N4O/c1-15-8-9-16(2)20(12-15)25-22(28)21-13-17(3)24-23(26-21)27-11-10-18-6-4-5-7-19(18)14-27/h4-9,12-13H,10-11,14H2,1-3H3,(H,25,28). The van der Waals surface area contributed by atoms with Crippen molar-refractivity contribution in [2.24, 2.45) is 0 Å². The van der Waals surface area contributed by atoms with Crippen LogP contribution < -0.4 is 10.2 Å². The van der Waals surface area contributed by atoms with Crippen molar-refractivity contribution in [2.45, 2.75) is 33.7 Å². The molecule has 0 saturated carbocycles. The molecule has 0 unspecified atom stereocenters. The molecule has 3 aromatic rings. The van der Waals surface area contributed by atoms with Crippen LogP contribution in [0.3, 0.4) is 0 Å². The van der Waals surface area contributed by atoms with Crippen LogP contribution in [0.1, 0.15) is 38.4 Å². The molecule has 0 fully saturated rings. The number of fused-ring (bicyclic) bond motifs is 1. The van der Waals surface area contributed by atoms with Gasteiger partial charge in [0.2, 0.25) is 5.95 Å². The summed E-state index contributed by atoms with van der Waals surface area (Å²) in [6, 6.07) is 16.2. The van der Waals surface area contributed by atoms with E-state index in [1.54, 1.807) is 6.07 Å².